The number of nitrogens with zero attached hydrogens (tertiary/aromatic N) is 1. The lowest BCUT2D eigenvalue weighted by atomic mass is 10.1. The second kappa shape index (κ2) is 3.81. The van der Waals surface area contributed by atoms with Crippen molar-refractivity contribution in [2.75, 3.05) is 13.1 Å². The van der Waals surface area contributed by atoms with E-state index in [0.29, 0.717) is 31.8 Å². The highest BCUT2D eigenvalue weighted by Crippen LogP contribution is 2.18. The van der Waals surface area contributed by atoms with Gasteiger partial charge in [-0.05, 0) is 12.3 Å². The minimum atomic E-state index is -0.310. The molecule has 2 rings (SSSR count). The van der Waals surface area contributed by atoms with Crippen LogP contribution in [-0.4, -0.2) is 41.9 Å². The maximum absolute atomic E-state index is 11.9. The van der Waals surface area contributed by atoms with Crippen LogP contribution in [0.3, 0.4) is 0 Å². The molecule has 84 valence electrons. The Morgan fingerprint density at radius 3 is 2.73 bits per heavy atom. The van der Waals surface area contributed by atoms with Crippen LogP contribution in [0.4, 0.5) is 0 Å². The number of hydrogen-bond acceptors (Lipinski definition) is 3. The van der Waals surface area contributed by atoms with Crippen molar-refractivity contribution in [2.24, 2.45) is 11.7 Å². The monoisotopic (exact) mass is 211 g/mol. The highest BCUT2D eigenvalue weighted by Gasteiger charge is 2.36. The molecule has 0 radical (unpaired) electrons. The fourth-order valence-electron chi connectivity index (χ4n) is 2.19. The molecule has 2 unspecified atom stereocenters. The van der Waals surface area contributed by atoms with Gasteiger partial charge in [-0.3, -0.25) is 9.59 Å². The summed E-state index contributed by atoms with van der Waals surface area (Å²) >= 11 is 0. The van der Waals surface area contributed by atoms with Gasteiger partial charge in [0.25, 0.3) is 0 Å². The zero-order chi connectivity index (χ0) is 11.0. The highest BCUT2D eigenvalue weighted by molar-refractivity contribution is 5.91. The fraction of sp³-hybridized carbons (Fsp3) is 0.800. The summed E-state index contributed by atoms with van der Waals surface area (Å²) in [6.45, 7) is 3.38. The molecule has 3 atom stereocenters. The first-order valence-corrected chi connectivity index (χ1v) is 5.41. The van der Waals surface area contributed by atoms with Gasteiger partial charge in [0.1, 0.15) is 6.04 Å². The lowest BCUT2D eigenvalue weighted by molar-refractivity contribution is -0.133. The van der Waals surface area contributed by atoms with Crippen molar-refractivity contribution >= 4 is 11.8 Å². The Hall–Kier alpha value is -1.10. The lowest BCUT2D eigenvalue weighted by Crippen LogP contribution is -2.44. The van der Waals surface area contributed by atoms with Gasteiger partial charge in [0.2, 0.25) is 11.8 Å². The SMILES string of the molecule is CC1CN(C(=O)[C@H]2CCC(=O)N2)CC1N. The van der Waals surface area contributed by atoms with Crippen molar-refractivity contribution < 1.29 is 9.59 Å². The Balaban J connectivity index is 1.94. The van der Waals surface area contributed by atoms with Crippen molar-refractivity contribution in [3.05, 3.63) is 0 Å². The number of nitrogens with one attached hydrogen (secondary N) is 1. The maximum atomic E-state index is 11.9. The number of likely N-dealkylation sites (tertiary alicyclic amines) is 1. The first-order valence-electron chi connectivity index (χ1n) is 5.41. The minimum absolute atomic E-state index is 0.0232. The molecule has 0 spiro atoms. The summed E-state index contributed by atoms with van der Waals surface area (Å²) in [4.78, 5) is 24.7. The van der Waals surface area contributed by atoms with E-state index in [1.165, 1.54) is 0 Å². The number of carbonyl (C=O) groups is 2. The third-order valence-electron chi connectivity index (χ3n) is 3.28. The molecule has 0 bridgehead atoms. The molecule has 0 saturated carbocycles. The van der Waals surface area contributed by atoms with Gasteiger partial charge in [0.15, 0.2) is 0 Å². The third kappa shape index (κ3) is 1.97. The lowest BCUT2D eigenvalue weighted by Gasteiger charge is -2.20. The van der Waals surface area contributed by atoms with Gasteiger partial charge >= 0.3 is 0 Å². The van der Waals surface area contributed by atoms with E-state index in [0.717, 1.165) is 0 Å². The van der Waals surface area contributed by atoms with Crippen LogP contribution < -0.4 is 11.1 Å². The molecule has 2 heterocycles. The first kappa shape index (κ1) is 10.4. The largest absolute Gasteiger partial charge is 0.344 e. The normalized spacial score (nSPS) is 35.7. The summed E-state index contributed by atoms with van der Waals surface area (Å²) in [5.41, 5.74) is 5.85. The second-order valence-electron chi connectivity index (χ2n) is 4.54. The Bertz CT molecular complexity index is 282. The third-order valence-corrected chi connectivity index (χ3v) is 3.28. The van der Waals surface area contributed by atoms with Gasteiger partial charge in [-0.25, -0.2) is 0 Å². The second-order valence-corrected chi connectivity index (χ2v) is 4.54. The smallest absolute Gasteiger partial charge is 0.245 e. The van der Waals surface area contributed by atoms with E-state index in [1.807, 2.05) is 6.92 Å². The van der Waals surface area contributed by atoms with Crippen molar-refractivity contribution in [1.29, 1.82) is 0 Å². The number of nitrogens with two attached hydrogens (primary N) is 1. The van der Waals surface area contributed by atoms with Crippen LogP contribution in [-0.2, 0) is 9.59 Å². The summed E-state index contributed by atoms with van der Waals surface area (Å²) in [6, 6.07) is -0.235. The van der Waals surface area contributed by atoms with Crippen LogP contribution in [0.2, 0.25) is 0 Å². The Morgan fingerprint density at radius 2 is 2.27 bits per heavy atom. The van der Waals surface area contributed by atoms with Gasteiger partial charge in [0.05, 0.1) is 0 Å². The van der Waals surface area contributed by atoms with Crippen molar-refractivity contribution in [3.8, 4) is 0 Å². The molecule has 5 nitrogen and oxygen atoms in total. The van der Waals surface area contributed by atoms with E-state index < -0.39 is 0 Å². The van der Waals surface area contributed by atoms with E-state index in [2.05, 4.69) is 5.32 Å². The fourth-order valence-corrected chi connectivity index (χ4v) is 2.19. The predicted molar refractivity (Wildman–Crippen MR) is 54.9 cm³/mol. The minimum Gasteiger partial charge on any atom is -0.344 e. The van der Waals surface area contributed by atoms with Crippen molar-refractivity contribution in [3.63, 3.8) is 0 Å². The molecule has 2 amide bonds. The summed E-state index contributed by atoms with van der Waals surface area (Å²) in [6.07, 6.45) is 1.09. The first-order chi connectivity index (χ1) is 7.08. The van der Waals surface area contributed by atoms with E-state index in [1.54, 1.807) is 4.90 Å². The van der Waals surface area contributed by atoms with Gasteiger partial charge in [-0.1, -0.05) is 6.92 Å². The molecule has 2 aliphatic heterocycles. The van der Waals surface area contributed by atoms with Crippen LogP contribution >= 0.6 is 0 Å². The van der Waals surface area contributed by atoms with Crippen LogP contribution in [0.15, 0.2) is 0 Å². The molecule has 2 fully saturated rings. The van der Waals surface area contributed by atoms with Crippen LogP contribution in [0.1, 0.15) is 19.8 Å². The Kier molecular flexibility index (Phi) is 2.65. The molecule has 2 aliphatic rings. The zero-order valence-corrected chi connectivity index (χ0v) is 8.90. The number of hydrogen-bond donors (Lipinski definition) is 2. The van der Waals surface area contributed by atoms with Crippen LogP contribution in [0, 0.1) is 5.92 Å². The van der Waals surface area contributed by atoms with Crippen molar-refractivity contribution in [1.82, 2.24) is 10.2 Å². The Morgan fingerprint density at radius 1 is 1.53 bits per heavy atom. The summed E-state index contributed by atoms with van der Waals surface area (Å²) in [5.74, 6) is 0.358. The standard InChI is InChI=1S/C10H17N3O2/c1-6-4-13(5-7(6)11)10(15)8-2-3-9(14)12-8/h6-8H,2-5,11H2,1H3,(H,12,14)/t6?,7?,8-/m1/s1. The zero-order valence-electron chi connectivity index (χ0n) is 8.90. The highest BCUT2D eigenvalue weighted by atomic mass is 16.2. The molecule has 0 aromatic carbocycles. The molecule has 5 heteroatoms. The van der Waals surface area contributed by atoms with Crippen molar-refractivity contribution in [2.45, 2.75) is 31.8 Å². The maximum Gasteiger partial charge on any atom is 0.245 e. The Labute approximate surface area is 89.0 Å². The van der Waals surface area contributed by atoms with E-state index in [4.69, 9.17) is 5.73 Å². The van der Waals surface area contributed by atoms with E-state index >= 15 is 0 Å². The average Bonchev–Trinajstić information content (AvgIpc) is 2.74. The van der Waals surface area contributed by atoms with Gasteiger partial charge in [0, 0.05) is 25.6 Å². The predicted octanol–water partition coefficient (Wildman–Crippen LogP) is -0.929. The molecule has 0 aromatic rings. The molecule has 0 aromatic heterocycles. The molecular weight excluding hydrogens is 194 g/mol. The topological polar surface area (TPSA) is 75.4 Å². The molecular formula is C10H17N3O2. The molecule has 3 N–H and O–H groups in total. The van der Waals surface area contributed by atoms with Gasteiger partial charge < -0.3 is 16.0 Å². The molecule has 0 aliphatic carbocycles. The average molecular weight is 211 g/mol. The van der Waals surface area contributed by atoms with Gasteiger partial charge in [-0.2, -0.15) is 0 Å². The van der Waals surface area contributed by atoms with Crippen LogP contribution in [0.25, 0.3) is 0 Å². The molecule has 15 heavy (non-hydrogen) atoms. The van der Waals surface area contributed by atoms with Crippen LogP contribution in [0.5, 0.6) is 0 Å². The molecule has 2 saturated heterocycles. The quantitative estimate of drug-likeness (QED) is 0.588. The summed E-state index contributed by atoms with van der Waals surface area (Å²) in [5, 5.41) is 2.69. The number of rotatable bonds is 1. The summed E-state index contributed by atoms with van der Waals surface area (Å²) < 4.78 is 0. The van der Waals surface area contributed by atoms with E-state index in [-0.39, 0.29) is 23.9 Å². The van der Waals surface area contributed by atoms with Gasteiger partial charge in [-0.15, -0.1) is 0 Å². The summed E-state index contributed by atoms with van der Waals surface area (Å²) in [7, 11) is 0. The number of carbonyl (C=O) groups excluding carboxylic acids is 2. The number of amides is 2. The van der Waals surface area contributed by atoms with E-state index in [9.17, 15) is 9.59 Å².